The van der Waals surface area contributed by atoms with E-state index in [-0.39, 0.29) is 0 Å². The van der Waals surface area contributed by atoms with Crippen molar-refractivity contribution in [2.75, 3.05) is 19.8 Å². The topological polar surface area (TPSA) is 18.5 Å². The normalized spacial score (nSPS) is 11.2. The van der Waals surface area contributed by atoms with Crippen LogP contribution in [0.2, 0.25) is 0 Å². The number of unbranched alkanes of at least 4 members (excludes halogenated alkanes) is 7. The van der Waals surface area contributed by atoms with Gasteiger partial charge in [0.05, 0.1) is 6.61 Å². The van der Waals surface area contributed by atoms with Crippen LogP contribution in [0.1, 0.15) is 70.8 Å². The molecule has 0 spiro atoms. The summed E-state index contributed by atoms with van der Waals surface area (Å²) in [4.78, 5) is 0. The van der Waals surface area contributed by atoms with Crippen molar-refractivity contribution < 1.29 is 9.47 Å². The van der Waals surface area contributed by atoms with Gasteiger partial charge in [-0.05, 0) is 65.4 Å². The summed E-state index contributed by atoms with van der Waals surface area (Å²) in [7, 11) is 0. The highest BCUT2D eigenvalue weighted by atomic mass is 16.5. The third-order valence-electron chi connectivity index (χ3n) is 6.12. The molecule has 0 radical (unpaired) electrons. The number of fused-ring (bicyclic) bond motifs is 1. The standard InChI is InChI=1S/C30H40O2/c1-3-5-6-7-8-9-10-11-12-25-13-15-26(16-14-25)27-17-18-29-24-30(20-19-28(29)23-27)32-22-21-31-4-2/h13-20,23-24H,3-12,21-22H2,1-2H3. The van der Waals surface area contributed by atoms with Gasteiger partial charge in [-0.2, -0.15) is 0 Å². The molecule has 0 saturated heterocycles. The third kappa shape index (κ3) is 7.98. The van der Waals surface area contributed by atoms with Gasteiger partial charge in [-0.15, -0.1) is 0 Å². The molecule has 0 aromatic heterocycles. The lowest BCUT2D eigenvalue weighted by atomic mass is 9.98. The van der Waals surface area contributed by atoms with E-state index in [9.17, 15) is 0 Å². The number of benzene rings is 3. The van der Waals surface area contributed by atoms with Crippen LogP contribution in [-0.2, 0) is 11.2 Å². The quantitative estimate of drug-likeness (QED) is 0.224. The minimum Gasteiger partial charge on any atom is -0.491 e. The van der Waals surface area contributed by atoms with Crippen LogP contribution >= 0.6 is 0 Å². The maximum Gasteiger partial charge on any atom is 0.120 e. The van der Waals surface area contributed by atoms with Crippen LogP contribution in [-0.4, -0.2) is 19.8 Å². The van der Waals surface area contributed by atoms with E-state index < -0.39 is 0 Å². The number of aryl methyl sites for hydroxylation is 1. The van der Waals surface area contributed by atoms with Crippen molar-refractivity contribution in [2.24, 2.45) is 0 Å². The summed E-state index contributed by atoms with van der Waals surface area (Å²) in [5.41, 5.74) is 4.00. The van der Waals surface area contributed by atoms with Gasteiger partial charge in [0.15, 0.2) is 0 Å². The van der Waals surface area contributed by atoms with E-state index in [0.29, 0.717) is 13.2 Å². The summed E-state index contributed by atoms with van der Waals surface area (Å²) in [6.07, 6.45) is 12.2. The fraction of sp³-hybridized carbons (Fsp3) is 0.467. The van der Waals surface area contributed by atoms with Gasteiger partial charge in [-0.3, -0.25) is 0 Å². The number of rotatable bonds is 15. The summed E-state index contributed by atoms with van der Waals surface area (Å²) in [5, 5.41) is 2.44. The second-order valence-corrected chi connectivity index (χ2v) is 8.69. The summed E-state index contributed by atoms with van der Waals surface area (Å²) in [6, 6.07) is 22.1. The highest BCUT2D eigenvalue weighted by Crippen LogP contribution is 2.27. The number of hydrogen-bond donors (Lipinski definition) is 0. The summed E-state index contributed by atoms with van der Waals surface area (Å²) >= 11 is 0. The van der Waals surface area contributed by atoms with Gasteiger partial charge in [-0.1, -0.05) is 94.3 Å². The minimum absolute atomic E-state index is 0.586. The van der Waals surface area contributed by atoms with Crippen LogP contribution in [0.25, 0.3) is 21.9 Å². The molecule has 0 N–H and O–H groups in total. The molecule has 0 saturated carbocycles. The molecule has 2 nitrogen and oxygen atoms in total. The molecule has 0 aliphatic rings. The minimum atomic E-state index is 0.586. The first kappa shape index (κ1) is 24.3. The van der Waals surface area contributed by atoms with Crippen molar-refractivity contribution in [3.8, 4) is 16.9 Å². The predicted octanol–water partition coefficient (Wildman–Crippen LogP) is 8.61. The number of hydrogen-bond acceptors (Lipinski definition) is 2. The zero-order valence-corrected chi connectivity index (χ0v) is 20.1. The van der Waals surface area contributed by atoms with Gasteiger partial charge < -0.3 is 9.47 Å². The first-order valence-electron chi connectivity index (χ1n) is 12.6. The van der Waals surface area contributed by atoms with Crippen molar-refractivity contribution in [1.82, 2.24) is 0 Å². The van der Waals surface area contributed by atoms with Crippen molar-refractivity contribution >= 4 is 10.8 Å². The first-order chi connectivity index (χ1) is 15.8. The lowest BCUT2D eigenvalue weighted by molar-refractivity contribution is 0.110. The monoisotopic (exact) mass is 432 g/mol. The summed E-state index contributed by atoms with van der Waals surface area (Å²) in [5.74, 6) is 0.898. The molecule has 0 atom stereocenters. The Morgan fingerprint density at radius 2 is 1.25 bits per heavy atom. The molecule has 0 bridgehead atoms. The molecule has 3 rings (SSSR count). The average Bonchev–Trinajstić information content (AvgIpc) is 2.83. The highest BCUT2D eigenvalue weighted by molar-refractivity contribution is 5.88. The second kappa shape index (κ2) is 14.0. The Morgan fingerprint density at radius 1 is 0.594 bits per heavy atom. The van der Waals surface area contributed by atoms with E-state index >= 15 is 0 Å². The van der Waals surface area contributed by atoms with Crippen LogP contribution in [0, 0.1) is 0 Å². The Bertz CT molecular complexity index is 914. The van der Waals surface area contributed by atoms with Gasteiger partial charge >= 0.3 is 0 Å². The van der Waals surface area contributed by atoms with Crippen LogP contribution in [0.3, 0.4) is 0 Å². The molecule has 0 heterocycles. The predicted molar refractivity (Wildman–Crippen MR) is 138 cm³/mol. The third-order valence-corrected chi connectivity index (χ3v) is 6.12. The van der Waals surface area contributed by atoms with Gasteiger partial charge in [0.2, 0.25) is 0 Å². The maximum atomic E-state index is 5.79. The van der Waals surface area contributed by atoms with Crippen molar-refractivity contribution in [3.63, 3.8) is 0 Å². The molecule has 0 amide bonds. The molecular formula is C30H40O2. The van der Waals surface area contributed by atoms with Crippen molar-refractivity contribution in [1.29, 1.82) is 0 Å². The van der Waals surface area contributed by atoms with Gasteiger partial charge in [-0.25, -0.2) is 0 Å². The zero-order chi connectivity index (χ0) is 22.4. The van der Waals surface area contributed by atoms with Gasteiger partial charge in [0.25, 0.3) is 0 Å². The van der Waals surface area contributed by atoms with Crippen LogP contribution in [0.4, 0.5) is 0 Å². The Balaban J connectivity index is 1.48. The molecule has 0 aliphatic carbocycles. The van der Waals surface area contributed by atoms with E-state index in [1.54, 1.807) is 0 Å². The smallest absolute Gasteiger partial charge is 0.120 e. The first-order valence-corrected chi connectivity index (χ1v) is 12.6. The summed E-state index contributed by atoms with van der Waals surface area (Å²) in [6.45, 7) is 6.22. The largest absolute Gasteiger partial charge is 0.491 e. The van der Waals surface area contributed by atoms with E-state index in [1.165, 1.54) is 85.3 Å². The fourth-order valence-electron chi connectivity index (χ4n) is 4.18. The van der Waals surface area contributed by atoms with E-state index in [4.69, 9.17) is 9.47 Å². The molecule has 0 unspecified atom stereocenters. The van der Waals surface area contributed by atoms with Crippen LogP contribution < -0.4 is 4.74 Å². The molecule has 172 valence electrons. The Hall–Kier alpha value is -2.32. The highest BCUT2D eigenvalue weighted by Gasteiger charge is 2.03. The molecule has 0 fully saturated rings. The lowest BCUT2D eigenvalue weighted by Crippen LogP contribution is -2.06. The Labute approximate surface area is 195 Å². The molecular weight excluding hydrogens is 392 g/mol. The van der Waals surface area contributed by atoms with E-state index in [2.05, 4.69) is 61.5 Å². The maximum absolute atomic E-state index is 5.79. The van der Waals surface area contributed by atoms with Crippen LogP contribution in [0.5, 0.6) is 5.75 Å². The molecule has 3 aromatic rings. The Morgan fingerprint density at radius 3 is 2.00 bits per heavy atom. The van der Waals surface area contributed by atoms with Gasteiger partial charge in [0, 0.05) is 6.61 Å². The molecule has 3 aromatic carbocycles. The lowest BCUT2D eigenvalue weighted by Gasteiger charge is -2.09. The van der Waals surface area contributed by atoms with Crippen molar-refractivity contribution in [2.45, 2.75) is 71.6 Å². The Kier molecular flexibility index (Phi) is 10.6. The average molecular weight is 433 g/mol. The van der Waals surface area contributed by atoms with Crippen LogP contribution in [0.15, 0.2) is 60.7 Å². The SMILES string of the molecule is CCCCCCCCCCc1ccc(-c2ccc3cc(OCCOCC)ccc3c2)cc1. The fourth-order valence-corrected chi connectivity index (χ4v) is 4.18. The van der Waals surface area contributed by atoms with Gasteiger partial charge in [0.1, 0.15) is 12.4 Å². The number of ether oxygens (including phenoxy) is 2. The van der Waals surface area contributed by atoms with Crippen molar-refractivity contribution in [3.05, 3.63) is 66.2 Å². The van der Waals surface area contributed by atoms with E-state index in [1.807, 2.05) is 13.0 Å². The second-order valence-electron chi connectivity index (χ2n) is 8.69. The molecule has 2 heteroatoms. The molecule has 32 heavy (non-hydrogen) atoms. The zero-order valence-electron chi connectivity index (χ0n) is 20.1. The van der Waals surface area contributed by atoms with E-state index in [0.717, 1.165) is 12.4 Å². The summed E-state index contributed by atoms with van der Waals surface area (Å²) < 4.78 is 11.1. The molecule has 0 aliphatic heterocycles.